The van der Waals surface area contributed by atoms with Crippen LogP contribution in [0, 0.1) is 0 Å². The molecule has 0 bridgehead atoms. The van der Waals surface area contributed by atoms with Crippen LogP contribution in [0.4, 0.5) is 0 Å². The average molecular weight is 323 g/mol. The van der Waals surface area contributed by atoms with Gasteiger partial charge in [0.05, 0.1) is 27.2 Å². The van der Waals surface area contributed by atoms with Crippen molar-refractivity contribution in [3.63, 3.8) is 0 Å². The molecule has 4 nitrogen and oxygen atoms in total. The van der Waals surface area contributed by atoms with Crippen molar-refractivity contribution in [1.82, 2.24) is 9.97 Å². The first kappa shape index (κ1) is 14.2. The molecule has 0 spiro atoms. The number of H-pyrrole nitrogens is 2. The smallest absolute Gasteiger partial charge is 0.323 e. The van der Waals surface area contributed by atoms with Crippen molar-refractivity contribution in [2.45, 2.75) is 12.5 Å². The van der Waals surface area contributed by atoms with Gasteiger partial charge in [0.25, 0.3) is 0 Å². The van der Waals surface area contributed by atoms with E-state index in [0.29, 0.717) is 27.5 Å². The van der Waals surface area contributed by atoms with Gasteiger partial charge in [-0.3, -0.25) is 0 Å². The lowest BCUT2D eigenvalue weighted by atomic mass is 10.0. The molecule has 6 heteroatoms. The molecule has 0 amide bonds. The average Bonchev–Trinajstić information content (AvgIpc) is 2.82. The molecule has 3 N–H and O–H groups in total. The van der Waals surface area contributed by atoms with E-state index in [0.717, 1.165) is 11.1 Å². The van der Waals surface area contributed by atoms with Gasteiger partial charge in [0, 0.05) is 6.42 Å². The monoisotopic (exact) mass is 322 g/mol. The number of nitrogens with one attached hydrogen (secondary N) is 2. The fourth-order valence-corrected chi connectivity index (χ4v) is 2.59. The highest BCUT2D eigenvalue weighted by Crippen LogP contribution is 2.26. The van der Waals surface area contributed by atoms with Crippen LogP contribution in [0.5, 0.6) is 0 Å². The van der Waals surface area contributed by atoms with Crippen LogP contribution in [0.15, 0.2) is 41.2 Å². The molecule has 1 unspecified atom stereocenters. The number of aromatic nitrogens is 2. The van der Waals surface area contributed by atoms with Crippen LogP contribution in [0.2, 0.25) is 10.0 Å². The third-order valence-electron chi connectivity index (χ3n) is 3.34. The number of halogens is 2. The normalized spacial score (nSPS) is 12.7. The van der Waals surface area contributed by atoms with Gasteiger partial charge in [0.1, 0.15) is 0 Å². The highest BCUT2D eigenvalue weighted by atomic mass is 35.5. The van der Waals surface area contributed by atoms with Crippen LogP contribution in [0.25, 0.3) is 11.0 Å². The summed E-state index contributed by atoms with van der Waals surface area (Å²) < 4.78 is 0. The molecule has 0 aliphatic rings. The second kappa shape index (κ2) is 5.56. The topological polar surface area (TPSA) is 68.9 Å². The van der Waals surface area contributed by atoms with E-state index in [1.54, 1.807) is 30.3 Å². The number of hydrogen-bond donors (Lipinski definition) is 3. The van der Waals surface area contributed by atoms with E-state index in [1.807, 2.05) is 6.07 Å². The van der Waals surface area contributed by atoms with E-state index in [-0.39, 0.29) is 5.69 Å². The summed E-state index contributed by atoms with van der Waals surface area (Å²) in [4.78, 5) is 16.6. The molecular formula is C15H12Cl2N2O2. The van der Waals surface area contributed by atoms with Crippen molar-refractivity contribution in [3.05, 3.63) is 68.1 Å². The summed E-state index contributed by atoms with van der Waals surface area (Å²) >= 11 is 11.8. The molecule has 0 radical (unpaired) electrons. The summed E-state index contributed by atoms with van der Waals surface area (Å²) in [6.07, 6.45) is -0.276. The molecule has 3 rings (SSSR count). The molecular weight excluding hydrogens is 311 g/mol. The lowest BCUT2D eigenvalue weighted by Crippen LogP contribution is -2.02. The summed E-state index contributed by atoms with van der Waals surface area (Å²) in [7, 11) is 0. The maximum Gasteiger partial charge on any atom is 0.323 e. The van der Waals surface area contributed by atoms with Crippen LogP contribution < -0.4 is 5.69 Å². The molecule has 0 fully saturated rings. The zero-order chi connectivity index (χ0) is 15.0. The third-order valence-corrected chi connectivity index (χ3v) is 4.08. The fraction of sp³-hybridized carbons (Fsp3) is 0.133. The minimum Gasteiger partial charge on any atom is -0.388 e. The Morgan fingerprint density at radius 1 is 1.00 bits per heavy atom. The maximum absolute atomic E-state index is 11.2. The Balaban J connectivity index is 1.87. The summed E-state index contributed by atoms with van der Waals surface area (Å²) in [6.45, 7) is 0. The molecule has 0 saturated heterocycles. The van der Waals surface area contributed by atoms with E-state index in [2.05, 4.69) is 9.97 Å². The Hall–Kier alpha value is -1.75. The molecule has 0 aliphatic carbocycles. The zero-order valence-electron chi connectivity index (χ0n) is 10.9. The van der Waals surface area contributed by atoms with Gasteiger partial charge >= 0.3 is 5.69 Å². The lowest BCUT2D eigenvalue weighted by Gasteiger charge is -2.11. The quantitative estimate of drug-likeness (QED) is 0.691. The molecule has 108 valence electrons. The summed E-state index contributed by atoms with van der Waals surface area (Å²) in [5, 5.41) is 11.3. The zero-order valence-corrected chi connectivity index (χ0v) is 12.4. The second-order valence-corrected chi connectivity index (χ2v) is 5.67. The fourth-order valence-electron chi connectivity index (χ4n) is 2.27. The summed E-state index contributed by atoms with van der Waals surface area (Å²) in [6, 6.07) is 10.6. The first-order valence-corrected chi connectivity index (χ1v) is 7.12. The molecule has 0 saturated carbocycles. The minimum atomic E-state index is -0.690. The van der Waals surface area contributed by atoms with Crippen LogP contribution in [-0.4, -0.2) is 15.1 Å². The first-order chi connectivity index (χ1) is 10.0. The largest absolute Gasteiger partial charge is 0.388 e. The summed E-state index contributed by atoms with van der Waals surface area (Å²) in [5.41, 5.74) is 2.74. The molecule has 3 aromatic rings. The molecule has 21 heavy (non-hydrogen) atoms. The van der Waals surface area contributed by atoms with Gasteiger partial charge in [0.2, 0.25) is 0 Å². The highest BCUT2D eigenvalue weighted by molar-refractivity contribution is 6.42. The highest BCUT2D eigenvalue weighted by Gasteiger charge is 2.11. The lowest BCUT2D eigenvalue weighted by molar-refractivity contribution is 0.178. The number of hydrogen-bond acceptors (Lipinski definition) is 2. The van der Waals surface area contributed by atoms with E-state index in [4.69, 9.17) is 23.2 Å². The number of imidazole rings is 1. The van der Waals surface area contributed by atoms with Gasteiger partial charge in [-0.05, 0) is 35.4 Å². The van der Waals surface area contributed by atoms with E-state index in [9.17, 15) is 9.90 Å². The Bertz CT molecular complexity index is 854. The predicted octanol–water partition coefficient (Wildman–Crippen LogP) is 3.44. The number of aromatic amines is 2. The van der Waals surface area contributed by atoms with Crippen LogP contribution in [-0.2, 0) is 6.42 Å². The van der Waals surface area contributed by atoms with E-state index in [1.165, 1.54) is 0 Å². The van der Waals surface area contributed by atoms with Crippen molar-refractivity contribution in [2.24, 2.45) is 0 Å². The Kier molecular flexibility index (Phi) is 3.76. The first-order valence-electron chi connectivity index (χ1n) is 6.37. The molecule has 2 aromatic carbocycles. The number of aliphatic hydroxyl groups excluding tert-OH is 1. The van der Waals surface area contributed by atoms with Crippen molar-refractivity contribution < 1.29 is 5.11 Å². The van der Waals surface area contributed by atoms with Gasteiger partial charge in [-0.15, -0.1) is 0 Å². The summed E-state index contributed by atoms with van der Waals surface area (Å²) in [5.74, 6) is 0. The van der Waals surface area contributed by atoms with Gasteiger partial charge in [-0.2, -0.15) is 0 Å². The third kappa shape index (κ3) is 2.97. The minimum absolute atomic E-state index is 0.263. The second-order valence-electron chi connectivity index (χ2n) is 4.85. The molecule has 1 aromatic heterocycles. The van der Waals surface area contributed by atoms with Crippen LogP contribution in [0.3, 0.4) is 0 Å². The molecule has 1 heterocycles. The van der Waals surface area contributed by atoms with Crippen molar-refractivity contribution >= 4 is 34.2 Å². The van der Waals surface area contributed by atoms with Gasteiger partial charge < -0.3 is 15.1 Å². The Labute approximate surface area is 130 Å². The number of rotatable bonds is 3. The van der Waals surface area contributed by atoms with E-state index >= 15 is 0 Å². The molecule has 1 atom stereocenters. The van der Waals surface area contributed by atoms with Crippen molar-refractivity contribution in [3.8, 4) is 0 Å². The Morgan fingerprint density at radius 3 is 2.52 bits per heavy atom. The van der Waals surface area contributed by atoms with Crippen LogP contribution in [0.1, 0.15) is 17.2 Å². The standard InChI is InChI=1S/C15H12Cl2N2O2/c16-10-3-1-8(5-11(10)17)6-14(20)9-2-4-12-13(7-9)19-15(21)18-12/h1-5,7,14,20H,6H2,(H2,18,19,21). The SMILES string of the molecule is O=c1[nH]c2ccc(C(O)Cc3ccc(Cl)c(Cl)c3)cc2[nH]1. The van der Waals surface area contributed by atoms with Crippen LogP contribution >= 0.6 is 23.2 Å². The van der Waals surface area contributed by atoms with Gasteiger partial charge in [0.15, 0.2) is 0 Å². The maximum atomic E-state index is 11.2. The van der Waals surface area contributed by atoms with Crippen molar-refractivity contribution in [1.29, 1.82) is 0 Å². The van der Waals surface area contributed by atoms with Gasteiger partial charge in [-0.25, -0.2) is 4.79 Å². The van der Waals surface area contributed by atoms with E-state index < -0.39 is 6.10 Å². The Morgan fingerprint density at radius 2 is 1.76 bits per heavy atom. The molecule has 0 aliphatic heterocycles. The van der Waals surface area contributed by atoms with Crippen molar-refractivity contribution in [2.75, 3.05) is 0 Å². The predicted molar refractivity (Wildman–Crippen MR) is 84.0 cm³/mol. The number of aliphatic hydroxyl groups is 1. The van der Waals surface area contributed by atoms with Gasteiger partial charge in [-0.1, -0.05) is 35.3 Å². The number of benzene rings is 2. The number of fused-ring (bicyclic) bond motifs is 1.